The van der Waals surface area contributed by atoms with Crippen LogP contribution in [0.3, 0.4) is 0 Å². The predicted octanol–water partition coefficient (Wildman–Crippen LogP) is 4.07. The molecule has 0 aliphatic carbocycles. The number of nitro benzene ring substituents is 1. The van der Waals surface area contributed by atoms with Gasteiger partial charge in [-0.3, -0.25) is 10.1 Å². The highest BCUT2D eigenvalue weighted by atomic mass is 32.2. The minimum absolute atomic E-state index is 0.218. The number of nitrogens with zero attached hydrogens (tertiary/aromatic N) is 1. The molecule has 3 rings (SSSR count). The first-order chi connectivity index (χ1) is 13.3. The third kappa shape index (κ3) is 4.38. The lowest BCUT2D eigenvalue weighted by atomic mass is 10.0. The Hall–Kier alpha value is -2.75. The zero-order chi connectivity index (χ0) is 20.3. The number of anilines is 1. The number of benzene rings is 2. The van der Waals surface area contributed by atoms with Crippen LogP contribution in [0.1, 0.15) is 29.0 Å². The van der Waals surface area contributed by atoms with Gasteiger partial charge < -0.3 is 5.32 Å². The molecule has 0 spiro atoms. The number of aryl methyl sites for hydroxylation is 1. The van der Waals surface area contributed by atoms with Gasteiger partial charge in [-0.1, -0.05) is 37.3 Å². The van der Waals surface area contributed by atoms with Crippen molar-refractivity contribution in [1.29, 1.82) is 0 Å². The van der Waals surface area contributed by atoms with Crippen LogP contribution in [0.15, 0.2) is 64.9 Å². The minimum Gasteiger partial charge on any atom is -0.368 e. The number of hydrogen-bond acceptors (Lipinski definition) is 6. The van der Waals surface area contributed by atoms with Crippen molar-refractivity contribution in [1.82, 2.24) is 0 Å². The molecule has 0 fully saturated rings. The Labute approximate surface area is 167 Å². The Balaban J connectivity index is 2.04. The van der Waals surface area contributed by atoms with E-state index in [0.717, 1.165) is 22.9 Å². The molecule has 0 saturated carbocycles. The van der Waals surface area contributed by atoms with Crippen molar-refractivity contribution in [2.24, 2.45) is 5.14 Å². The lowest BCUT2D eigenvalue weighted by molar-refractivity contribution is -0.384. The average molecular weight is 418 g/mol. The number of hydrogen-bond donors (Lipinski definition) is 2. The van der Waals surface area contributed by atoms with E-state index < -0.39 is 14.9 Å². The zero-order valence-corrected chi connectivity index (χ0v) is 16.7. The summed E-state index contributed by atoms with van der Waals surface area (Å²) in [4.78, 5) is 11.6. The Morgan fingerprint density at radius 1 is 1.18 bits per heavy atom. The molecule has 146 valence electrons. The summed E-state index contributed by atoms with van der Waals surface area (Å²) < 4.78 is 23.1. The number of nitrogens with two attached hydrogens (primary N) is 1. The summed E-state index contributed by atoms with van der Waals surface area (Å²) in [7, 11) is -4.04. The van der Waals surface area contributed by atoms with Crippen LogP contribution in [0.4, 0.5) is 11.4 Å². The van der Waals surface area contributed by atoms with E-state index in [-0.39, 0.29) is 22.3 Å². The van der Waals surface area contributed by atoms with Crippen LogP contribution in [0.25, 0.3) is 0 Å². The third-order valence-corrected chi connectivity index (χ3v) is 6.19. The molecule has 0 amide bonds. The number of nitro groups is 1. The van der Waals surface area contributed by atoms with Crippen molar-refractivity contribution < 1.29 is 13.3 Å². The molecule has 1 aromatic heterocycles. The molecule has 3 N–H and O–H groups in total. The van der Waals surface area contributed by atoms with Gasteiger partial charge in [-0.2, -0.15) is 0 Å². The summed E-state index contributed by atoms with van der Waals surface area (Å²) >= 11 is 1.53. The average Bonchev–Trinajstić information content (AvgIpc) is 3.19. The number of rotatable bonds is 7. The van der Waals surface area contributed by atoms with Gasteiger partial charge >= 0.3 is 0 Å². The van der Waals surface area contributed by atoms with Crippen LogP contribution in [0.2, 0.25) is 0 Å². The SMILES string of the molecule is CCc1ccc([C@H](Nc2ccc(S(N)(=O)=O)cc2[N+](=O)[O-])c2cccs2)cc1. The van der Waals surface area contributed by atoms with E-state index >= 15 is 0 Å². The summed E-state index contributed by atoms with van der Waals surface area (Å²) in [6, 6.07) is 15.2. The molecule has 9 heteroatoms. The fourth-order valence-corrected chi connectivity index (χ4v) is 4.17. The fourth-order valence-electron chi connectivity index (χ4n) is 2.84. The van der Waals surface area contributed by atoms with Crippen molar-refractivity contribution >= 4 is 32.7 Å². The van der Waals surface area contributed by atoms with Crippen molar-refractivity contribution in [3.05, 3.63) is 86.1 Å². The van der Waals surface area contributed by atoms with Gasteiger partial charge in [0.25, 0.3) is 5.69 Å². The number of thiophene rings is 1. The molecule has 2 aromatic carbocycles. The highest BCUT2D eigenvalue weighted by Crippen LogP contribution is 2.34. The van der Waals surface area contributed by atoms with Gasteiger partial charge in [0.2, 0.25) is 10.0 Å². The van der Waals surface area contributed by atoms with Crippen molar-refractivity contribution in [2.45, 2.75) is 24.3 Å². The molecule has 0 radical (unpaired) electrons. The molecule has 0 aliphatic rings. The highest BCUT2D eigenvalue weighted by Gasteiger charge is 2.23. The smallest absolute Gasteiger partial charge is 0.293 e. The van der Waals surface area contributed by atoms with E-state index in [1.165, 1.54) is 29.0 Å². The maximum absolute atomic E-state index is 11.5. The molecule has 0 aliphatic heterocycles. The predicted molar refractivity (Wildman–Crippen MR) is 110 cm³/mol. The van der Waals surface area contributed by atoms with E-state index in [1.54, 1.807) is 0 Å². The topological polar surface area (TPSA) is 115 Å². The van der Waals surface area contributed by atoms with Crippen molar-refractivity contribution in [3.8, 4) is 0 Å². The Morgan fingerprint density at radius 3 is 2.43 bits per heavy atom. The highest BCUT2D eigenvalue weighted by molar-refractivity contribution is 7.89. The van der Waals surface area contributed by atoms with Gasteiger partial charge in [0, 0.05) is 10.9 Å². The van der Waals surface area contributed by atoms with Gasteiger partial charge in [-0.25, -0.2) is 13.6 Å². The first-order valence-corrected chi connectivity index (χ1v) is 10.9. The molecule has 7 nitrogen and oxygen atoms in total. The number of nitrogens with one attached hydrogen (secondary N) is 1. The Kier molecular flexibility index (Phi) is 5.78. The molecular weight excluding hydrogens is 398 g/mol. The molecule has 1 atom stereocenters. The molecule has 1 heterocycles. The second-order valence-corrected chi connectivity index (χ2v) is 8.71. The fraction of sp³-hybridized carbons (Fsp3) is 0.158. The molecule has 0 unspecified atom stereocenters. The van der Waals surface area contributed by atoms with Crippen LogP contribution >= 0.6 is 11.3 Å². The zero-order valence-electron chi connectivity index (χ0n) is 15.0. The van der Waals surface area contributed by atoms with E-state index in [0.29, 0.717) is 0 Å². The maximum Gasteiger partial charge on any atom is 0.293 e. The first kappa shape index (κ1) is 20.0. The van der Waals surface area contributed by atoms with Gasteiger partial charge in [-0.05, 0) is 41.1 Å². The molecule has 0 bridgehead atoms. The van der Waals surface area contributed by atoms with Crippen LogP contribution < -0.4 is 10.5 Å². The van der Waals surface area contributed by atoms with Crippen LogP contribution in [-0.4, -0.2) is 13.3 Å². The molecule has 28 heavy (non-hydrogen) atoms. The van der Waals surface area contributed by atoms with Gasteiger partial charge in [0.15, 0.2) is 0 Å². The Morgan fingerprint density at radius 2 is 1.89 bits per heavy atom. The summed E-state index contributed by atoms with van der Waals surface area (Å²) in [5, 5.41) is 21.8. The molecule has 3 aromatic rings. The van der Waals surface area contributed by atoms with Crippen LogP contribution in [0, 0.1) is 10.1 Å². The maximum atomic E-state index is 11.5. The van der Waals surface area contributed by atoms with E-state index in [2.05, 4.69) is 12.2 Å². The van der Waals surface area contributed by atoms with Crippen molar-refractivity contribution in [3.63, 3.8) is 0 Å². The summed E-state index contributed by atoms with van der Waals surface area (Å²) in [5.41, 5.74) is 2.01. The van der Waals surface area contributed by atoms with E-state index in [4.69, 9.17) is 5.14 Å². The second kappa shape index (κ2) is 8.09. The normalized spacial score (nSPS) is 12.5. The van der Waals surface area contributed by atoms with Crippen LogP contribution in [-0.2, 0) is 16.4 Å². The second-order valence-electron chi connectivity index (χ2n) is 6.17. The Bertz CT molecular complexity index is 1080. The van der Waals surface area contributed by atoms with Gasteiger partial charge in [-0.15, -0.1) is 11.3 Å². The molecule has 0 saturated heterocycles. The number of primary sulfonamides is 1. The van der Waals surface area contributed by atoms with E-state index in [1.807, 2.05) is 41.8 Å². The largest absolute Gasteiger partial charge is 0.368 e. The summed E-state index contributed by atoms with van der Waals surface area (Å²) in [5.74, 6) is 0. The lowest BCUT2D eigenvalue weighted by Crippen LogP contribution is -2.15. The van der Waals surface area contributed by atoms with E-state index in [9.17, 15) is 18.5 Å². The monoisotopic (exact) mass is 417 g/mol. The number of sulfonamides is 1. The summed E-state index contributed by atoms with van der Waals surface area (Å²) in [6.45, 7) is 2.07. The summed E-state index contributed by atoms with van der Waals surface area (Å²) in [6.07, 6.45) is 0.915. The minimum atomic E-state index is -4.04. The van der Waals surface area contributed by atoms with Gasteiger partial charge in [0.05, 0.1) is 15.9 Å². The van der Waals surface area contributed by atoms with Gasteiger partial charge in [0.1, 0.15) is 5.69 Å². The third-order valence-electron chi connectivity index (χ3n) is 4.34. The standard InChI is InChI=1S/C19H19N3O4S2/c1-2-13-5-7-14(8-6-13)19(18-4-3-11-27-18)21-16-10-9-15(28(20,25)26)12-17(16)22(23)24/h3-12,19,21H,2H2,1H3,(H2,20,25,26)/t19-/m0/s1. The molecular formula is C19H19N3O4S2. The first-order valence-electron chi connectivity index (χ1n) is 8.49. The lowest BCUT2D eigenvalue weighted by Gasteiger charge is -2.20. The van der Waals surface area contributed by atoms with Crippen LogP contribution in [0.5, 0.6) is 0 Å². The van der Waals surface area contributed by atoms with Crippen molar-refractivity contribution in [2.75, 3.05) is 5.32 Å². The quantitative estimate of drug-likeness (QED) is 0.444.